The second kappa shape index (κ2) is 5.58. The van der Waals surface area contributed by atoms with Gasteiger partial charge in [-0.25, -0.2) is 4.21 Å². The summed E-state index contributed by atoms with van der Waals surface area (Å²) in [7, 11) is 0. The van der Waals surface area contributed by atoms with Crippen molar-refractivity contribution in [2.75, 3.05) is 0 Å². The van der Waals surface area contributed by atoms with Crippen LogP contribution in [0.25, 0.3) is 11.1 Å². The van der Waals surface area contributed by atoms with Gasteiger partial charge < -0.3 is 4.55 Å². The lowest BCUT2D eigenvalue weighted by atomic mass is 10.00. The first-order valence-corrected chi connectivity index (χ1v) is 6.64. The Morgan fingerprint density at radius 3 is 2.39 bits per heavy atom. The molecule has 0 radical (unpaired) electrons. The summed E-state index contributed by atoms with van der Waals surface area (Å²) in [5, 5.41) is 9.03. The fraction of sp³-hybridized carbons (Fsp3) is 0.0714. The standard InChI is InChI=1S/C14H11NO2S/c15-9-13-3-1-2-4-14(13)12-7-5-11(6-8-12)10-18(16)17/h1-8H,10H2,(H,16,17). The van der Waals surface area contributed by atoms with E-state index >= 15 is 0 Å². The lowest BCUT2D eigenvalue weighted by molar-refractivity contribution is 0.563. The fourth-order valence-electron chi connectivity index (χ4n) is 1.76. The highest BCUT2D eigenvalue weighted by molar-refractivity contribution is 7.78. The molecule has 0 bridgehead atoms. The van der Waals surface area contributed by atoms with Crippen molar-refractivity contribution in [1.29, 1.82) is 5.26 Å². The zero-order valence-electron chi connectivity index (χ0n) is 9.54. The molecule has 0 fully saturated rings. The van der Waals surface area contributed by atoms with E-state index in [0.29, 0.717) is 5.56 Å². The van der Waals surface area contributed by atoms with Gasteiger partial charge in [-0.1, -0.05) is 42.5 Å². The summed E-state index contributed by atoms with van der Waals surface area (Å²) >= 11 is -1.83. The summed E-state index contributed by atoms with van der Waals surface area (Å²) in [5.74, 6) is 0.125. The fourth-order valence-corrected chi connectivity index (χ4v) is 2.23. The van der Waals surface area contributed by atoms with E-state index in [4.69, 9.17) is 9.81 Å². The Morgan fingerprint density at radius 1 is 1.11 bits per heavy atom. The second-order valence-electron chi connectivity index (χ2n) is 3.82. The number of rotatable bonds is 3. The van der Waals surface area contributed by atoms with Gasteiger partial charge in [-0.05, 0) is 22.8 Å². The van der Waals surface area contributed by atoms with Gasteiger partial charge in [0.25, 0.3) is 0 Å². The van der Waals surface area contributed by atoms with Crippen LogP contribution in [-0.2, 0) is 16.8 Å². The minimum Gasteiger partial charge on any atom is -0.306 e. The molecule has 0 aliphatic rings. The molecule has 18 heavy (non-hydrogen) atoms. The van der Waals surface area contributed by atoms with Crippen LogP contribution >= 0.6 is 0 Å². The van der Waals surface area contributed by atoms with Crippen LogP contribution in [0.4, 0.5) is 0 Å². The molecule has 0 spiro atoms. The Morgan fingerprint density at radius 2 is 1.78 bits per heavy atom. The summed E-state index contributed by atoms with van der Waals surface area (Å²) in [6.07, 6.45) is 0. The third-order valence-electron chi connectivity index (χ3n) is 2.60. The van der Waals surface area contributed by atoms with Crippen molar-refractivity contribution in [2.24, 2.45) is 0 Å². The molecule has 0 saturated heterocycles. The van der Waals surface area contributed by atoms with E-state index in [0.717, 1.165) is 16.7 Å². The molecule has 2 aromatic rings. The van der Waals surface area contributed by atoms with E-state index < -0.39 is 11.1 Å². The van der Waals surface area contributed by atoms with Crippen molar-refractivity contribution in [2.45, 2.75) is 5.75 Å². The summed E-state index contributed by atoms with van der Waals surface area (Å²) in [5.41, 5.74) is 3.22. The van der Waals surface area contributed by atoms with E-state index in [2.05, 4.69) is 6.07 Å². The maximum Gasteiger partial charge on any atom is 0.157 e. The molecular formula is C14H11NO2S. The maximum absolute atomic E-state index is 10.7. The van der Waals surface area contributed by atoms with Gasteiger partial charge in [0, 0.05) is 0 Å². The molecule has 0 aromatic heterocycles. The van der Waals surface area contributed by atoms with Gasteiger partial charge in [0.15, 0.2) is 11.1 Å². The van der Waals surface area contributed by atoms with Crippen LogP contribution in [0.15, 0.2) is 48.5 Å². The zero-order valence-corrected chi connectivity index (χ0v) is 10.4. The Balaban J connectivity index is 2.35. The predicted octanol–water partition coefficient (Wildman–Crippen LogP) is 2.95. The van der Waals surface area contributed by atoms with Gasteiger partial charge in [0.1, 0.15) is 0 Å². The van der Waals surface area contributed by atoms with Gasteiger partial charge in [0.05, 0.1) is 17.4 Å². The van der Waals surface area contributed by atoms with Crippen molar-refractivity contribution in [3.05, 3.63) is 59.7 Å². The van der Waals surface area contributed by atoms with E-state index in [1.807, 2.05) is 30.3 Å². The molecule has 2 rings (SSSR count). The van der Waals surface area contributed by atoms with E-state index in [-0.39, 0.29) is 5.75 Å². The van der Waals surface area contributed by atoms with Gasteiger partial charge in [0.2, 0.25) is 0 Å². The van der Waals surface area contributed by atoms with Gasteiger partial charge in [-0.15, -0.1) is 0 Å². The first-order valence-electron chi connectivity index (χ1n) is 5.36. The Bertz CT molecular complexity index is 614. The van der Waals surface area contributed by atoms with Crippen molar-refractivity contribution in [1.82, 2.24) is 0 Å². The van der Waals surface area contributed by atoms with Crippen LogP contribution in [0, 0.1) is 11.3 Å². The predicted molar refractivity (Wildman–Crippen MR) is 71.1 cm³/mol. The normalized spacial score (nSPS) is 11.8. The van der Waals surface area contributed by atoms with Gasteiger partial charge in [-0.2, -0.15) is 5.26 Å². The minimum atomic E-state index is -1.83. The third kappa shape index (κ3) is 2.83. The van der Waals surface area contributed by atoms with Crippen LogP contribution in [0.2, 0.25) is 0 Å². The Labute approximate surface area is 108 Å². The smallest absolute Gasteiger partial charge is 0.157 e. The van der Waals surface area contributed by atoms with Crippen molar-refractivity contribution < 1.29 is 8.76 Å². The molecule has 4 heteroatoms. The third-order valence-corrected chi connectivity index (χ3v) is 3.18. The molecule has 3 nitrogen and oxygen atoms in total. The highest BCUT2D eigenvalue weighted by Crippen LogP contribution is 2.23. The Kier molecular flexibility index (Phi) is 3.88. The maximum atomic E-state index is 10.7. The lowest BCUT2D eigenvalue weighted by Gasteiger charge is -2.05. The summed E-state index contributed by atoms with van der Waals surface area (Å²) in [6, 6.07) is 16.8. The van der Waals surface area contributed by atoms with Crippen LogP contribution in [0.5, 0.6) is 0 Å². The van der Waals surface area contributed by atoms with Crippen molar-refractivity contribution in [3.8, 4) is 17.2 Å². The largest absolute Gasteiger partial charge is 0.306 e. The SMILES string of the molecule is N#Cc1ccccc1-c1ccc(CS(=O)O)cc1. The first kappa shape index (κ1) is 12.5. The summed E-state index contributed by atoms with van der Waals surface area (Å²) in [4.78, 5) is 0. The average Bonchev–Trinajstić information content (AvgIpc) is 2.39. The molecule has 0 heterocycles. The number of nitriles is 1. The molecule has 1 N–H and O–H groups in total. The number of benzene rings is 2. The van der Waals surface area contributed by atoms with Gasteiger partial charge in [-0.3, -0.25) is 0 Å². The number of hydrogen-bond donors (Lipinski definition) is 1. The Hall–Kier alpha value is -1.96. The second-order valence-corrected chi connectivity index (χ2v) is 4.75. The van der Waals surface area contributed by atoms with Crippen LogP contribution in [-0.4, -0.2) is 8.76 Å². The molecule has 1 unspecified atom stereocenters. The average molecular weight is 257 g/mol. The summed E-state index contributed by atoms with van der Waals surface area (Å²) in [6.45, 7) is 0. The quantitative estimate of drug-likeness (QED) is 0.860. The highest BCUT2D eigenvalue weighted by Gasteiger charge is 2.04. The number of nitrogens with zero attached hydrogens (tertiary/aromatic N) is 1. The molecule has 1 atom stereocenters. The molecule has 2 aromatic carbocycles. The molecule has 0 aliphatic carbocycles. The van der Waals surface area contributed by atoms with E-state index in [9.17, 15) is 4.21 Å². The van der Waals surface area contributed by atoms with Crippen LogP contribution in [0.1, 0.15) is 11.1 Å². The molecule has 0 aliphatic heterocycles. The number of hydrogen-bond acceptors (Lipinski definition) is 2. The first-order chi connectivity index (χ1) is 8.70. The van der Waals surface area contributed by atoms with E-state index in [1.54, 1.807) is 18.2 Å². The highest BCUT2D eigenvalue weighted by atomic mass is 32.2. The lowest BCUT2D eigenvalue weighted by Crippen LogP contribution is -1.92. The molecule has 0 saturated carbocycles. The van der Waals surface area contributed by atoms with Crippen molar-refractivity contribution in [3.63, 3.8) is 0 Å². The minimum absolute atomic E-state index is 0.125. The molecule has 0 amide bonds. The molecule has 90 valence electrons. The van der Waals surface area contributed by atoms with Crippen molar-refractivity contribution >= 4 is 11.1 Å². The zero-order chi connectivity index (χ0) is 13.0. The van der Waals surface area contributed by atoms with Crippen LogP contribution in [0.3, 0.4) is 0 Å². The van der Waals surface area contributed by atoms with Gasteiger partial charge >= 0.3 is 0 Å². The van der Waals surface area contributed by atoms with Crippen LogP contribution < -0.4 is 0 Å². The molecular weight excluding hydrogens is 246 g/mol. The summed E-state index contributed by atoms with van der Waals surface area (Å²) < 4.78 is 19.5. The topological polar surface area (TPSA) is 61.1 Å². The van der Waals surface area contributed by atoms with E-state index in [1.165, 1.54) is 0 Å². The monoisotopic (exact) mass is 257 g/mol.